The first-order chi connectivity index (χ1) is 7.28. The SMILES string of the molecule is CC(=N)NCCC/C=C(\C)C(C)(N)C(=O)O. The fourth-order valence-electron chi connectivity index (χ4n) is 1.08. The molecular weight excluding hydrogens is 206 g/mol. The molecule has 0 radical (unpaired) electrons. The summed E-state index contributed by atoms with van der Waals surface area (Å²) in [6.07, 6.45) is 3.45. The second kappa shape index (κ2) is 6.27. The van der Waals surface area contributed by atoms with E-state index in [0.717, 1.165) is 12.8 Å². The highest BCUT2D eigenvalue weighted by Gasteiger charge is 2.29. The third-order valence-corrected chi connectivity index (χ3v) is 2.49. The maximum atomic E-state index is 10.8. The molecule has 0 heterocycles. The van der Waals surface area contributed by atoms with Crippen LogP contribution in [0.25, 0.3) is 0 Å². The molecule has 92 valence electrons. The number of hydrogen-bond donors (Lipinski definition) is 4. The minimum Gasteiger partial charge on any atom is -0.480 e. The van der Waals surface area contributed by atoms with Crippen molar-refractivity contribution in [1.29, 1.82) is 5.41 Å². The molecule has 0 aliphatic rings. The maximum absolute atomic E-state index is 10.8. The molecule has 0 aliphatic heterocycles. The van der Waals surface area contributed by atoms with Crippen LogP contribution >= 0.6 is 0 Å². The average molecular weight is 227 g/mol. The van der Waals surface area contributed by atoms with Gasteiger partial charge in [-0.3, -0.25) is 5.41 Å². The van der Waals surface area contributed by atoms with E-state index in [4.69, 9.17) is 16.2 Å². The lowest BCUT2D eigenvalue weighted by molar-refractivity contribution is -0.141. The monoisotopic (exact) mass is 227 g/mol. The van der Waals surface area contributed by atoms with Crippen LogP contribution in [0.4, 0.5) is 0 Å². The van der Waals surface area contributed by atoms with Crippen molar-refractivity contribution in [1.82, 2.24) is 5.32 Å². The lowest BCUT2D eigenvalue weighted by Gasteiger charge is -2.20. The van der Waals surface area contributed by atoms with E-state index in [1.54, 1.807) is 13.8 Å². The summed E-state index contributed by atoms with van der Waals surface area (Å²) in [5, 5.41) is 18.9. The van der Waals surface area contributed by atoms with Crippen molar-refractivity contribution in [3.63, 3.8) is 0 Å². The molecule has 0 bridgehead atoms. The van der Waals surface area contributed by atoms with Crippen molar-refractivity contribution in [3.05, 3.63) is 11.6 Å². The number of hydrogen-bond acceptors (Lipinski definition) is 3. The number of aliphatic carboxylic acids is 1. The summed E-state index contributed by atoms with van der Waals surface area (Å²) in [4.78, 5) is 10.8. The van der Waals surface area contributed by atoms with Crippen molar-refractivity contribution in [2.75, 3.05) is 6.54 Å². The predicted octanol–water partition coefficient (Wildman–Crippen LogP) is 1.10. The Morgan fingerprint density at radius 2 is 2.12 bits per heavy atom. The van der Waals surface area contributed by atoms with Crippen LogP contribution in [-0.2, 0) is 4.79 Å². The van der Waals surface area contributed by atoms with Gasteiger partial charge < -0.3 is 16.2 Å². The molecule has 0 aromatic heterocycles. The van der Waals surface area contributed by atoms with Crippen molar-refractivity contribution in [2.24, 2.45) is 5.73 Å². The van der Waals surface area contributed by atoms with Crippen LogP contribution in [0.5, 0.6) is 0 Å². The summed E-state index contributed by atoms with van der Waals surface area (Å²) in [6, 6.07) is 0. The zero-order valence-electron chi connectivity index (χ0n) is 10.1. The maximum Gasteiger partial charge on any atom is 0.327 e. The summed E-state index contributed by atoms with van der Waals surface area (Å²) >= 11 is 0. The molecular formula is C11H21N3O2. The standard InChI is InChI=1S/C11H21N3O2/c1-8(11(3,13)10(15)16)6-4-5-7-14-9(2)12/h6H,4-5,7,13H2,1-3H3,(H2,12,14)(H,15,16)/b8-6+. The van der Waals surface area contributed by atoms with Crippen molar-refractivity contribution >= 4 is 11.8 Å². The Labute approximate surface area is 96.2 Å². The van der Waals surface area contributed by atoms with E-state index in [1.807, 2.05) is 6.08 Å². The van der Waals surface area contributed by atoms with Gasteiger partial charge in [-0.2, -0.15) is 0 Å². The summed E-state index contributed by atoms with van der Waals surface area (Å²) < 4.78 is 0. The number of unbranched alkanes of at least 4 members (excludes halogenated alkanes) is 1. The summed E-state index contributed by atoms with van der Waals surface area (Å²) in [7, 11) is 0. The van der Waals surface area contributed by atoms with Gasteiger partial charge in [0.05, 0.1) is 5.84 Å². The van der Waals surface area contributed by atoms with Gasteiger partial charge in [0.2, 0.25) is 0 Å². The highest BCUT2D eigenvalue weighted by Crippen LogP contribution is 2.14. The molecule has 1 unspecified atom stereocenters. The van der Waals surface area contributed by atoms with Crippen LogP contribution in [0.3, 0.4) is 0 Å². The van der Waals surface area contributed by atoms with Gasteiger partial charge in [0.25, 0.3) is 0 Å². The van der Waals surface area contributed by atoms with Crippen LogP contribution in [0.15, 0.2) is 11.6 Å². The number of carbonyl (C=O) groups is 1. The van der Waals surface area contributed by atoms with E-state index in [-0.39, 0.29) is 0 Å². The van der Waals surface area contributed by atoms with Gasteiger partial charge in [-0.25, -0.2) is 4.79 Å². The van der Waals surface area contributed by atoms with E-state index >= 15 is 0 Å². The number of nitrogens with one attached hydrogen (secondary N) is 2. The molecule has 1 atom stereocenters. The van der Waals surface area contributed by atoms with Crippen LogP contribution in [0.1, 0.15) is 33.6 Å². The molecule has 0 aromatic carbocycles. The van der Waals surface area contributed by atoms with Crippen molar-refractivity contribution in [2.45, 2.75) is 39.2 Å². The molecule has 0 saturated heterocycles. The molecule has 0 spiro atoms. The minimum atomic E-state index is -1.29. The molecule has 5 heteroatoms. The summed E-state index contributed by atoms with van der Waals surface area (Å²) in [5.74, 6) is -0.579. The molecule has 0 aromatic rings. The van der Waals surface area contributed by atoms with Crippen LogP contribution in [0.2, 0.25) is 0 Å². The fourth-order valence-corrected chi connectivity index (χ4v) is 1.08. The van der Waals surface area contributed by atoms with E-state index in [0.29, 0.717) is 18.0 Å². The zero-order chi connectivity index (χ0) is 12.8. The predicted molar refractivity (Wildman–Crippen MR) is 64.6 cm³/mol. The molecule has 0 saturated carbocycles. The molecule has 5 N–H and O–H groups in total. The van der Waals surface area contributed by atoms with Gasteiger partial charge >= 0.3 is 5.97 Å². The zero-order valence-corrected chi connectivity index (χ0v) is 10.1. The summed E-state index contributed by atoms with van der Waals surface area (Å²) in [6.45, 7) is 5.61. The number of nitrogens with two attached hydrogens (primary N) is 1. The Kier molecular flexibility index (Phi) is 5.74. The molecule has 0 aliphatic carbocycles. The number of rotatable bonds is 6. The van der Waals surface area contributed by atoms with Crippen molar-refractivity contribution < 1.29 is 9.90 Å². The Balaban J connectivity index is 4.05. The molecule has 0 rings (SSSR count). The highest BCUT2D eigenvalue weighted by atomic mass is 16.4. The van der Waals surface area contributed by atoms with Crippen molar-refractivity contribution in [3.8, 4) is 0 Å². The molecule has 0 amide bonds. The van der Waals surface area contributed by atoms with Gasteiger partial charge in [0, 0.05) is 6.54 Å². The fraction of sp³-hybridized carbons (Fsp3) is 0.636. The van der Waals surface area contributed by atoms with Crippen LogP contribution in [0, 0.1) is 5.41 Å². The second-order valence-corrected chi connectivity index (χ2v) is 4.09. The average Bonchev–Trinajstić information content (AvgIpc) is 2.16. The first-order valence-corrected chi connectivity index (χ1v) is 5.27. The number of carboxylic acids is 1. The van der Waals surface area contributed by atoms with E-state index < -0.39 is 11.5 Å². The van der Waals surface area contributed by atoms with Gasteiger partial charge in [0.1, 0.15) is 5.54 Å². The van der Waals surface area contributed by atoms with E-state index in [2.05, 4.69) is 5.32 Å². The Morgan fingerprint density at radius 3 is 2.56 bits per heavy atom. The number of allylic oxidation sites excluding steroid dienone is 1. The first-order valence-electron chi connectivity index (χ1n) is 5.27. The topological polar surface area (TPSA) is 99.2 Å². The molecule has 16 heavy (non-hydrogen) atoms. The quantitative estimate of drug-likeness (QED) is 0.236. The van der Waals surface area contributed by atoms with Crippen LogP contribution in [-0.4, -0.2) is 29.0 Å². The highest BCUT2D eigenvalue weighted by molar-refractivity contribution is 5.82. The van der Waals surface area contributed by atoms with Gasteiger partial charge in [-0.1, -0.05) is 6.08 Å². The minimum absolute atomic E-state index is 0.440. The second-order valence-electron chi connectivity index (χ2n) is 4.09. The first kappa shape index (κ1) is 14.6. The lowest BCUT2D eigenvalue weighted by Crippen LogP contribution is -2.45. The lowest BCUT2D eigenvalue weighted by atomic mass is 9.93. The Morgan fingerprint density at radius 1 is 1.56 bits per heavy atom. The molecule has 0 fully saturated rings. The van der Waals surface area contributed by atoms with Gasteiger partial charge in [-0.05, 0) is 39.2 Å². The third-order valence-electron chi connectivity index (χ3n) is 2.49. The van der Waals surface area contributed by atoms with E-state index in [9.17, 15) is 4.79 Å². The largest absolute Gasteiger partial charge is 0.480 e. The Bertz CT molecular complexity index is 296. The number of carboxylic acid groups (broad SMARTS) is 1. The van der Waals surface area contributed by atoms with Crippen LogP contribution < -0.4 is 11.1 Å². The number of amidine groups is 1. The van der Waals surface area contributed by atoms with Gasteiger partial charge in [-0.15, -0.1) is 0 Å². The smallest absolute Gasteiger partial charge is 0.327 e. The normalized spacial score (nSPS) is 15.4. The molecule has 5 nitrogen and oxygen atoms in total. The van der Waals surface area contributed by atoms with E-state index in [1.165, 1.54) is 6.92 Å². The third kappa shape index (κ3) is 4.93. The summed E-state index contributed by atoms with van der Waals surface area (Å²) in [5.41, 5.74) is 5.02. The van der Waals surface area contributed by atoms with Gasteiger partial charge in [0.15, 0.2) is 0 Å². The Hall–Kier alpha value is -1.36.